The van der Waals surface area contributed by atoms with Crippen LogP contribution in [0.25, 0.3) is 0 Å². The van der Waals surface area contributed by atoms with Gasteiger partial charge in [-0.3, -0.25) is 0 Å². The molecule has 1 saturated heterocycles. The van der Waals surface area contributed by atoms with Gasteiger partial charge in [-0.15, -0.1) is 0 Å². The molecule has 2 rings (SSSR count). The van der Waals surface area contributed by atoms with Crippen LogP contribution in [0.1, 0.15) is 18.9 Å². The number of anilines is 1. The lowest BCUT2D eigenvalue weighted by atomic mass is 10.1. The lowest BCUT2D eigenvalue weighted by Crippen LogP contribution is -2.31. The summed E-state index contributed by atoms with van der Waals surface area (Å²) in [7, 11) is 1.71. The molecule has 0 aliphatic carbocycles. The topological polar surface area (TPSA) is 33.7 Å². The van der Waals surface area contributed by atoms with Gasteiger partial charge in [-0.2, -0.15) is 0 Å². The number of ether oxygens (including phenoxy) is 2. The third-order valence-electron chi connectivity index (χ3n) is 3.63. The molecule has 1 atom stereocenters. The first-order chi connectivity index (χ1) is 10.2. The second-order valence-electron chi connectivity index (χ2n) is 5.42. The zero-order chi connectivity index (χ0) is 15.1. The van der Waals surface area contributed by atoms with Gasteiger partial charge >= 0.3 is 0 Å². The van der Waals surface area contributed by atoms with Gasteiger partial charge in [-0.05, 0) is 37.1 Å². The number of rotatable bonds is 6. The SMILES string of the molecule is COCCNCc1cc(Cl)ccc1N1CCCOC(C)C1. The van der Waals surface area contributed by atoms with Crippen LogP contribution >= 0.6 is 11.6 Å². The minimum absolute atomic E-state index is 0.262. The van der Waals surface area contributed by atoms with E-state index in [0.717, 1.165) is 44.2 Å². The number of nitrogens with zero attached hydrogens (tertiary/aromatic N) is 1. The van der Waals surface area contributed by atoms with Crippen LogP contribution in [0, 0.1) is 0 Å². The average Bonchev–Trinajstić information content (AvgIpc) is 2.68. The summed E-state index contributed by atoms with van der Waals surface area (Å²) in [5.74, 6) is 0. The summed E-state index contributed by atoms with van der Waals surface area (Å²) < 4.78 is 10.8. The molecule has 0 radical (unpaired) electrons. The van der Waals surface area contributed by atoms with E-state index in [-0.39, 0.29) is 6.10 Å². The van der Waals surface area contributed by atoms with Crippen molar-refractivity contribution in [3.63, 3.8) is 0 Å². The first-order valence-corrected chi connectivity index (χ1v) is 7.93. The second-order valence-corrected chi connectivity index (χ2v) is 5.86. The second kappa shape index (κ2) is 8.59. The van der Waals surface area contributed by atoms with E-state index in [1.807, 2.05) is 12.1 Å². The zero-order valence-corrected chi connectivity index (χ0v) is 13.7. The highest BCUT2D eigenvalue weighted by Crippen LogP contribution is 2.26. The molecular weight excluding hydrogens is 288 g/mol. The zero-order valence-electron chi connectivity index (χ0n) is 12.9. The summed E-state index contributed by atoms with van der Waals surface area (Å²) in [4.78, 5) is 2.40. The van der Waals surface area contributed by atoms with Crippen molar-refractivity contribution in [2.24, 2.45) is 0 Å². The smallest absolute Gasteiger partial charge is 0.0721 e. The van der Waals surface area contributed by atoms with E-state index in [2.05, 4.69) is 23.2 Å². The van der Waals surface area contributed by atoms with Crippen molar-refractivity contribution in [2.45, 2.75) is 26.0 Å². The molecular formula is C16H25ClN2O2. The largest absolute Gasteiger partial charge is 0.383 e. The quantitative estimate of drug-likeness (QED) is 0.819. The summed E-state index contributed by atoms with van der Waals surface area (Å²) in [6.07, 6.45) is 1.32. The Labute approximate surface area is 132 Å². The molecule has 0 bridgehead atoms. The first-order valence-electron chi connectivity index (χ1n) is 7.55. The highest BCUT2D eigenvalue weighted by Gasteiger charge is 2.17. The fourth-order valence-electron chi connectivity index (χ4n) is 2.61. The van der Waals surface area contributed by atoms with E-state index in [0.29, 0.717) is 6.61 Å². The summed E-state index contributed by atoms with van der Waals surface area (Å²) in [5.41, 5.74) is 2.48. The molecule has 1 aliphatic heterocycles. The minimum atomic E-state index is 0.262. The van der Waals surface area contributed by atoms with Gasteiger partial charge in [0.2, 0.25) is 0 Å². The predicted molar refractivity (Wildman–Crippen MR) is 87.3 cm³/mol. The average molecular weight is 313 g/mol. The van der Waals surface area contributed by atoms with Gasteiger partial charge in [0.25, 0.3) is 0 Å². The third-order valence-corrected chi connectivity index (χ3v) is 3.87. The van der Waals surface area contributed by atoms with Crippen LogP contribution < -0.4 is 10.2 Å². The number of hydrogen-bond donors (Lipinski definition) is 1. The molecule has 0 saturated carbocycles. The molecule has 1 aromatic rings. The minimum Gasteiger partial charge on any atom is -0.383 e. The molecule has 1 heterocycles. The molecule has 5 heteroatoms. The van der Waals surface area contributed by atoms with Crippen LogP contribution in [0.15, 0.2) is 18.2 Å². The number of methoxy groups -OCH3 is 1. The summed E-state index contributed by atoms with van der Waals surface area (Å²) >= 11 is 6.16. The molecule has 1 unspecified atom stereocenters. The fourth-order valence-corrected chi connectivity index (χ4v) is 2.81. The van der Waals surface area contributed by atoms with Gasteiger partial charge in [-0.25, -0.2) is 0 Å². The van der Waals surface area contributed by atoms with E-state index < -0.39 is 0 Å². The number of halogens is 1. The van der Waals surface area contributed by atoms with Gasteiger partial charge in [0.15, 0.2) is 0 Å². The third kappa shape index (κ3) is 5.15. The Kier molecular flexibility index (Phi) is 6.77. The Balaban J connectivity index is 2.09. The Morgan fingerprint density at radius 3 is 3.14 bits per heavy atom. The van der Waals surface area contributed by atoms with Crippen molar-refractivity contribution in [1.29, 1.82) is 0 Å². The van der Waals surface area contributed by atoms with Crippen molar-refractivity contribution >= 4 is 17.3 Å². The van der Waals surface area contributed by atoms with Gasteiger partial charge < -0.3 is 19.7 Å². The molecule has 0 aromatic heterocycles. The molecule has 0 amide bonds. The molecule has 21 heavy (non-hydrogen) atoms. The summed E-state index contributed by atoms with van der Waals surface area (Å²) in [6, 6.07) is 6.13. The van der Waals surface area contributed by atoms with Gasteiger partial charge in [0, 0.05) is 50.6 Å². The van der Waals surface area contributed by atoms with E-state index >= 15 is 0 Å². The molecule has 1 aliphatic rings. The lowest BCUT2D eigenvalue weighted by Gasteiger charge is -2.27. The number of hydrogen-bond acceptors (Lipinski definition) is 4. The van der Waals surface area contributed by atoms with Gasteiger partial charge in [-0.1, -0.05) is 11.6 Å². The van der Waals surface area contributed by atoms with Crippen LogP contribution in [0.3, 0.4) is 0 Å². The molecule has 1 N–H and O–H groups in total. The van der Waals surface area contributed by atoms with E-state index in [4.69, 9.17) is 21.1 Å². The van der Waals surface area contributed by atoms with Crippen LogP contribution in [-0.2, 0) is 16.0 Å². The van der Waals surface area contributed by atoms with Crippen molar-refractivity contribution in [3.8, 4) is 0 Å². The van der Waals surface area contributed by atoms with E-state index in [1.54, 1.807) is 7.11 Å². The number of nitrogens with one attached hydrogen (secondary N) is 1. The van der Waals surface area contributed by atoms with E-state index in [9.17, 15) is 0 Å². The molecule has 1 fully saturated rings. The van der Waals surface area contributed by atoms with Crippen molar-refractivity contribution in [2.75, 3.05) is 44.9 Å². The molecule has 118 valence electrons. The fraction of sp³-hybridized carbons (Fsp3) is 0.625. The van der Waals surface area contributed by atoms with Crippen LogP contribution in [0.5, 0.6) is 0 Å². The van der Waals surface area contributed by atoms with Crippen LogP contribution in [0.2, 0.25) is 5.02 Å². The Morgan fingerprint density at radius 2 is 2.33 bits per heavy atom. The highest BCUT2D eigenvalue weighted by atomic mass is 35.5. The van der Waals surface area contributed by atoms with Gasteiger partial charge in [0.1, 0.15) is 0 Å². The summed E-state index contributed by atoms with van der Waals surface area (Å²) in [6.45, 7) is 7.26. The molecule has 0 spiro atoms. The van der Waals surface area contributed by atoms with Crippen molar-refractivity contribution in [3.05, 3.63) is 28.8 Å². The van der Waals surface area contributed by atoms with Crippen molar-refractivity contribution in [1.82, 2.24) is 5.32 Å². The van der Waals surface area contributed by atoms with Gasteiger partial charge in [0.05, 0.1) is 12.7 Å². The standard InChI is InChI=1S/C16H25ClN2O2/c1-13-12-19(7-3-8-21-13)16-5-4-15(17)10-14(16)11-18-6-9-20-2/h4-5,10,13,18H,3,6-9,11-12H2,1-2H3. The normalized spacial score (nSPS) is 19.6. The predicted octanol–water partition coefficient (Wildman–Crippen LogP) is 2.69. The Morgan fingerprint density at radius 1 is 1.48 bits per heavy atom. The molecule has 4 nitrogen and oxygen atoms in total. The Bertz CT molecular complexity index is 442. The maximum absolute atomic E-state index is 6.16. The summed E-state index contributed by atoms with van der Waals surface area (Å²) in [5, 5.41) is 4.17. The Hall–Kier alpha value is -0.810. The van der Waals surface area contributed by atoms with Crippen molar-refractivity contribution < 1.29 is 9.47 Å². The van der Waals surface area contributed by atoms with Crippen LogP contribution in [-0.4, -0.2) is 46.1 Å². The highest BCUT2D eigenvalue weighted by molar-refractivity contribution is 6.30. The monoisotopic (exact) mass is 312 g/mol. The van der Waals surface area contributed by atoms with Crippen LogP contribution in [0.4, 0.5) is 5.69 Å². The molecule has 1 aromatic carbocycles. The first kappa shape index (κ1) is 16.6. The number of benzene rings is 1. The lowest BCUT2D eigenvalue weighted by molar-refractivity contribution is 0.0821. The van der Waals surface area contributed by atoms with E-state index in [1.165, 1.54) is 11.3 Å². The maximum atomic E-state index is 6.16. The maximum Gasteiger partial charge on any atom is 0.0721 e.